The van der Waals surface area contributed by atoms with Gasteiger partial charge in [-0.05, 0) is 13.2 Å². The van der Waals surface area contributed by atoms with Gasteiger partial charge in [0.2, 0.25) is 5.82 Å². The second kappa shape index (κ2) is 4.97. The van der Waals surface area contributed by atoms with Gasteiger partial charge in [-0.2, -0.15) is 4.39 Å². The summed E-state index contributed by atoms with van der Waals surface area (Å²) in [6.07, 6.45) is 1.16. The van der Waals surface area contributed by atoms with Crippen molar-refractivity contribution < 1.29 is 13.9 Å². The van der Waals surface area contributed by atoms with E-state index in [0.29, 0.717) is 10.8 Å². The summed E-state index contributed by atoms with van der Waals surface area (Å²) in [7, 11) is 0. The standard InChI is InChI=1S/C8H9FN2O4S/c1-4(16-2)15-8(14)11-3-5(9)6(12)10-7(11)13/h3-4H,1-2H3,(H,10,12,13). The zero-order valence-electron chi connectivity index (χ0n) is 8.52. The summed E-state index contributed by atoms with van der Waals surface area (Å²) in [5.74, 6) is -1.23. The lowest BCUT2D eigenvalue weighted by atomic mass is 10.6. The molecule has 0 fully saturated rings. The number of thioether (sulfide) groups is 1. The van der Waals surface area contributed by atoms with Gasteiger partial charge < -0.3 is 4.74 Å². The van der Waals surface area contributed by atoms with Crippen LogP contribution in [-0.2, 0) is 4.74 Å². The lowest BCUT2D eigenvalue weighted by molar-refractivity contribution is 0.141. The Morgan fingerprint density at radius 1 is 1.62 bits per heavy atom. The van der Waals surface area contributed by atoms with E-state index in [1.165, 1.54) is 11.8 Å². The molecule has 1 aromatic rings. The molecule has 6 nitrogen and oxygen atoms in total. The summed E-state index contributed by atoms with van der Waals surface area (Å²) in [5.41, 5.74) is -2.69. The van der Waals surface area contributed by atoms with Gasteiger partial charge in [-0.3, -0.25) is 9.78 Å². The summed E-state index contributed by atoms with van der Waals surface area (Å²) >= 11 is 1.24. The van der Waals surface area contributed by atoms with Gasteiger partial charge >= 0.3 is 11.8 Å². The van der Waals surface area contributed by atoms with E-state index >= 15 is 0 Å². The maximum Gasteiger partial charge on any atom is 0.423 e. The van der Waals surface area contributed by atoms with E-state index in [1.807, 2.05) is 0 Å². The number of rotatable bonds is 2. The summed E-state index contributed by atoms with van der Waals surface area (Å²) in [5, 5.41) is 0. The Morgan fingerprint density at radius 2 is 2.25 bits per heavy atom. The second-order valence-corrected chi connectivity index (χ2v) is 3.93. The Labute approximate surface area is 93.4 Å². The molecule has 0 radical (unpaired) electrons. The van der Waals surface area contributed by atoms with Crippen molar-refractivity contribution in [2.24, 2.45) is 0 Å². The molecule has 0 aliphatic carbocycles. The fourth-order valence-corrected chi connectivity index (χ4v) is 1.01. The van der Waals surface area contributed by atoms with Crippen molar-refractivity contribution in [1.29, 1.82) is 0 Å². The van der Waals surface area contributed by atoms with E-state index in [2.05, 4.69) is 0 Å². The predicted octanol–water partition coefficient (Wildman–Crippen LogP) is 0.369. The van der Waals surface area contributed by atoms with Crippen LogP contribution in [0.2, 0.25) is 0 Å². The number of halogens is 1. The van der Waals surface area contributed by atoms with Crippen molar-refractivity contribution in [1.82, 2.24) is 9.55 Å². The predicted molar refractivity (Wildman–Crippen MR) is 56.1 cm³/mol. The first-order valence-corrected chi connectivity index (χ1v) is 5.49. The normalized spacial score (nSPS) is 12.2. The van der Waals surface area contributed by atoms with Crippen LogP contribution in [-0.4, -0.2) is 27.3 Å². The van der Waals surface area contributed by atoms with Crippen LogP contribution in [0, 0.1) is 5.82 Å². The SMILES string of the molecule is CSC(C)OC(=O)n1cc(F)c(=O)[nH]c1=O. The van der Waals surface area contributed by atoms with Gasteiger partial charge in [0.1, 0.15) is 5.44 Å². The summed E-state index contributed by atoms with van der Waals surface area (Å²) in [6.45, 7) is 1.59. The minimum atomic E-state index is -1.23. The van der Waals surface area contributed by atoms with Crippen molar-refractivity contribution in [3.8, 4) is 0 Å². The van der Waals surface area contributed by atoms with Crippen LogP contribution in [0.1, 0.15) is 6.92 Å². The highest BCUT2D eigenvalue weighted by molar-refractivity contribution is 7.99. The Hall–Kier alpha value is -1.57. The molecule has 0 saturated heterocycles. The third-order valence-electron chi connectivity index (χ3n) is 1.69. The molecule has 0 bridgehead atoms. The molecular weight excluding hydrogens is 239 g/mol. The number of carbonyl (C=O) groups is 1. The number of nitrogens with zero attached hydrogens (tertiary/aromatic N) is 1. The van der Waals surface area contributed by atoms with Gasteiger partial charge in [-0.15, -0.1) is 11.8 Å². The number of aromatic amines is 1. The number of hydrogen-bond donors (Lipinski definition) is 1. The largest absolute Gasteiger partial charge is 0.435 e. The van der Waals surface area contributed by atoms with Crippen LogP contribution >= 0.6 is 11.8 Å². The molecule has 0 spiro atoms. The van der Waals surface area contributed by atoms with Crippen LogP contribution in [0.4, 0.5) is 9.18 Å². The first-order valence-electron chi connectivity index (χ1n) is 4.21. The van der Waals surface area contributed by atoms with Crippen LogP contribution in [0.3, 0.4) is 0 Å². The fourth-order valence-electron chi connectivity index (χ4n) is 0.830. The van der Waals surface area contributed by atoms with E-state index in [0.717, 1.165) is 0 Å². The van der Waals surface area contributed by atoms with Crippen LogP contribution in [0.25, 0.3) is 0 Å². The maximum atomic E-state index is 12.8. The van der Waals surface area contributed by atoms with Gasteiger partial charge in [-0.1, -0.05) is 0 Å². The number of carbonyl (C=O) groups excluding carboxylic acids is 1. The molecule has 1 heterocycles. The number of ether oxygens (including phenoxy) is 1. The number of hydrogen-bond acceptors (Lipinski definition) is 5. The zero-order chi connectivity index (χ0) is 12.3. The molecule has 8 heteroatoms. The maximum absolute atomic E-state index is 12.8. The molecule has 1 atom stereocenters. The summed E-state index contributed by atoms with van der Waals surface area (Å²) < 4.78 is 17.9. The Kier molecular flexibility index (Phi) is 3.88. The van der Waals surface area contributed by atoms with Gasteiger partial charge in [0.15, 0.2) is 0 Å². The molecule has 0 aromatic carbocycles. The van der Waals surface area contributed by atoms with Crippen LogP contribution in [0.15, 0.2) is 15.8 Å². The molecular formula is C8H9FN2O4S. The third-order valence-corrected chi connectivity index (χ3v) is 2.45. The van der Waals surface area contributed by atoms with Crippen molar-refractivity contribution in [3.63, 3.8) is 0 Å². The molecule has 1 N–H and O–H groups in total. The molecule has 0 amide bonds. The fraction of sp³-hybridized carbons (Fsp3) is 0.375. The van der Waals surface area contributed by atoms with E-state index in [4.69, 9.17) is 4.74 Å². The van der Waals surface area contributed by atoms with Crippen LogP contribution < -0.4 is 11.2 Å². The topological polar surface area (TPSA) is 81.2 Å². The highest BCUT2D eigenvalue weighted by Gasteiger charge is 2.14. The number of aromatic nitrogens is 2. The highest BCUT2D eigenvalue weighted by Crippen LogP contribution is 2.07. The molecule has 1 rings (SSSR count). The monoisotopic (exact) mass is 248 g/mol. The van der Waals surface area contributed by atoms with E-state index < -0.39 is 28.6 Å². The first-order chi connectivity index (χ1) is 7.45. The molecule has 1 aromatic heterocycles. The van der Waals surface area contributed by atoms with Crippen molar-refractivity contribution in [2.45, 2.75) is 12.4 Å². The number of H-pyrrole nitrogens is 1. The van der Waals surface area contributed by atoms with Gasteiger partial charge in [0, 0.05) is 0 Å². The Morgan fingerprint density at radius 3 is 2.81 bits per heavy atom. The number of nitrogens with one attached hydrogen (secondary N) is 1. The van der Waals surface area contributed by atoms with Crippen molar-refractivity contribution >= 4 is 17.9 Å². The van der Waals surface area contributed by atoms with Crippen LogP contribution in [0.5, 0.6) is 0 Å². The smallest absolute Gasteiger partial charge is 0.423 e. The zero-order valence-corrected chi connectivity index (χ0v) is 9.34. The minimum Gasteiger partial charge on any atom is -0.435 e. The van der Waals surface area contributed by atoms with Gasteiger partial charge in [0.25, 0.3) is 5.56 Å². The Bertz CT molecular complexity index is 509. The van der Waals surface area contributed by atoms with E-state index in [9.17, 15) is 18.8 Å². The van der Waals surface area contributed by atoms with Gasteiger partial charge in [-0.25, -0.2) is 14.2 Å². The van der Waals surface area contributed by atoms with Crippen molar-refractivity contribution in [2.75, 3.05) is 6.26 Å². The lowest BCUT2D eigenvalue weighted by Crippen LogP contribution is -2.36. The van der Waals surface area contributed by atoms with Crippen molar-refractivity contribution in [3.05, 3.63) is 32.9 Å². The summed E-state index contributed by atoms with van der Waals surface area (Å²) in [4.78, 5) is 34.8. The molecule has 0 aliphatic heterocycles. The molecule has 1 unspecified atom stereocenters. The second-order valence-electron chi connectivity index (χ2n) is 2.79. The lowest BCUT2D eigenvalue weighted by Gasteiger charge is -2.10. The highest BCUT2D eigenvalue weighted by atomic mass is 32.2. The van der Waals surface area contributed by atoms with Gasteiger partial charge in [0.05, 0.1) is 6.20 Å². The molecule has 16 heavy (non-hydrogen) atoms. The molecule has 0 saturated carbocycles. The molecule has 88 valence electrons. The third kappa shape index (κ3) is 2.72. The average Bonchev–Trinajstić information content (AvgIpc) is 2.23. The van der Waals surface area contributed by atoms with E-state index in [1.54, 1.807) is 18.2 Å². The quantitative estimate of drug-likeness (QED) is 0.765. The minimum absolute atomic E-state index is 0.365. The van der Waals surface area contributed by atoms with E-state index in [-0.39, 0.29) is 0 Å². The average molecular weight is 248 g/mol. The molecule has 0 aliphatic rings. The summed E-state index contributed by atoms with van der Waals surface area (Å²) in [6, 6.07) is 0. The first kappa shape index (κ1) is 12.5. The Balaban J connectivity index is 3.05.